The smallest absolute Gasteiger partial charge is 0.336 e. The van der Waals surface area contributed by atoms with Gasteiger partial charge in [0.05, 0.1) is 0 Å². The molecule has 0 radical (unpaired) electrons. The van der Waals surface area contributed by atoms with Gasteiger partial charge in [-0.2, -0.15) is 0 Å². The number of carboxylic acids is 2. The van der Waals surface area contributed by atoms with Gasteiger partial charge in [-0.05, 0) is 19.3 Å². The van der Waals surface area contributed by atoms with Gasteiger partial charge in [0.1, 0.15) is 5.41 Å². The molecule has 19 heavy (non-hydrogen) atoms. The zero-order chi connectivity index (χ0) is 15.1. The number of carboxylic acid groups (broad SMARTS) is 2. The topological polar surface area (TPSA) is 94.8 Å². The fraction of sp³-hybridized carbons (Fsp3) is 0.857. The second-order valence-electron chi connectivity index (χ2n) is 5.07. The quantitative estimate of drug-likeness (QED) is 0.532. The molecule has 0 spiro atoms. The van der Waals surface area contributed by atoms with E-state index in [2.05, 4.69) is 0 Å². The van der Waals surface area contributed by atoms with Gasteiger partial charge >= 0.3 is 11.9 Å². The monoisotopic (exact) mass is 274 g/mol. The van der Waals surface area contributed by atoms with E-state index in [1.807, 2.05) is 6.92 Å². The summed E-state index contributed by atoms with van der Waals surface area (Å²) in [5.41, 5.74) is -3.82. The first-order chi connectivity index (χ1) is 8.82. The van der Waals surface area contributed by atoms with Crippen molar-refractivity contribution < 1.29 is 24.9 Å². The molecule has 112 valence electrons. The highest BCUT2D eigenvalue weighted by atomic mass is 16.4. The van der Waals surface area contributed by atoms with Crippen LogP contribution in [-0.2, 0) is 9.59 Å². The minimum atomic E-state index is -2.21. The van der Waals surface area contributed by atoms with E-state index < -0.39 is 23.0 Å². The molecule has 0 amide bonds. The van der Waals surface area contributed by atoms with Crippen LogP contribution >= 0.6 is 0 Å². The number of hydrogen-bond acceptors (Lipinski definition) is 3. The maximum absolute atomic E-state index is 11.6. The summed E-state index contributed by atoms with van der Waals surface area (Å²) in [6.45, 7) is 5.18. The van der Waals surface area contributed by atoms with Crippen LogP contribution in [0.15, 0.2) is 0 Å². The molecule has 0 bridgehead atoms. The minimum absolute atomic E-state index is 0.102. The molecule has 5 heteroatoms. The Labute approximate surface area is 114 Å². The van der Waals surface area contributed by atoms with Crippen molar-refractivity contribution in [1.29, 1.82) is 0 Å². The summed E-state index contributed by atoms with van der Waals surface area (Å²) < 4.78 is 0. The Morgan fingerprint density at radius 1 is 0.895 bits per heavy atom. The highest BCUT2D eigenvalue weighted by Gasteiger charge is 2.58. The highest BCUT2D eigenvalue weighted by Crippen LogP contribution is 2.43. The number of carbonyl (C=O) groups is 2. The molecule has 0 aromatic rings. The lowest BCUT2D eigenvalue weighted by molar-refractivity contribution is -0.192. The van der Waals surface area contributed by atoms with E-state index in [4.69, 9.17) is 0 Å². The zero-order valence-corrected chi connectivity index (χ0v) is 12.1. The lowest BCUT2D eigenvalue weighted by Gasteiger charge is -2.40. The molecule has 0 aromatic carbocycles. The van der Waals surface area contributed by atoms with Crippen molar-refractivity contribution in [2.75, 3.05) is 0 Å². The number of aliphatic hydroxyl groups is 1. The first-order valence-corrected chi connectivity index (χ1v) is 7.01. The molecule has 0 saturated carbocycles. The van der Waals surface area contributed by atoms with Crippen LogP contribution < -0.4 is 0 Å². The van der Waals surface area contributed by atoms with Crippen LogP contribution in [0.2, 0.25) is 0 Å². The molecule has 3 N–H and O–H groups in total. The fourth-order valence-corrected chi connectivity index (χ4v) is 2.66. The van der Waals surface area contributed by atoms with Gasteiger partial charge in [-0.25, -0.2) is 4.79 Å². The maximum atomic E-state index is 11.6. The Morgan fingerprint density at radius 2 is 1.47 bits per heavy atom. The van der Waals surface area contributed by atoms with E-state index >= 15 is 0 Å². The summed E-state index contributed by atoms with van der Waals surface area (Å²) in [5, 5.41) is 29.1. The molecular formula is C14H26O5. The normalized spacial score (nSPS) is 17.5. The zero-order valence-electron chi connectivity index (χ0n) is 12.1. The molecular weight excluding hydrogens is 248 g/mol. The second kappa shape index (κ2) is 7.48. The Morgan fingerprint density at radius 3 is 1.79 bits per heavy atom. The second-order valence-corrected chi connectivity index (χ2v) is 5.07. The van der Waals surface area contributed by atoms with Crippen LogP contribution in [0.3, 0.4) is 0 Å². The summed E-state index contributed by atoms with van der Waals surface area (Å²) in [6.07, 6.45) is 3.64. The van der Waals surface area contributed by atoms with Gasteiger partial charge in [0.2, 0.25) is 0 Å². The third kappa shape index (κ3) is 3.47. The van der Waals surface area contributed by atoms with Crippen LogP contribution in [0, 0.1) is 5.41 Å². The number of rotatable bonds is 10. The summed E-state index contributed by atoms with van der Waals surface area (Å²) in [4.78, 5) is 22.9. The van der Waals surface area contributed by atoms with E-state index in [0.717, 1.165) is 19.3 Å². The molecule has 0 heterocycles. The highest BCUT2D eigenvalue weighted by molar-refractivity contribution is 5.88. The van der Waals surface area contributed by atoms with Crippen molar-refractivity contribution >= 4 is 11.9 Å². The molecule has 0 rings (SSSR count). The first-order valence-electron chi connectivity index (χ1n) is 7.01. The summed E-state index contributed by atoms with van der Waals surface area (Å²) >= 11 is 0. The average molecular weight is 274 g/mol. The van der Waals surface area contributed by atoms with Crippen LogP contribution in [0.4, 0.5) is 0 Å². The van der Waals surface area contributed by atoms with Gasteiger partial charge in [0.25, 0.3) is 0 Å². The molecule has 0 fully saturated rings. The summed E-state index contributed by atoms with van der Waals surface area (Å²) in [5.74, 6) is -2.67. The first kappa shape index (κ1) is 17.9. The third-order valence-electron chi connectivity index (χ3n) is 4.13. The van der Waals surface area contributed by atoms with E-state index in [-0.39, 0.29) is 19.3 Å². The van der Waals surface area contributed by atoms with Crippen molar-refractivity contribution in [3.05, 3.63) is 0 Å². The van der Waals surface area contributed by atoms with Crippen LogP contribution in [-0.4, -0.2) is 32.9 Å². The largest absolute Gasteiger partial charge is 0.481 e. The van der Waals surface area contributed by atoms with Gasteiger partial charge in [0.15, 0.2) is 5.60 Å². The van der Waals surface area contributed by atoms with E-state index in [0.29, 0.717) is 6.42 Å². The van der Waals surface area contributed by atoms with Gasteiger partial charge in [-0.3, -0.25) is 4.79 Å². The molecule has 0 aliphatic rings. The standard InChI is InChI=1S/C14H26O5/c1-4-7-8-9-10-13(5-2,11(15)16)14(19,6-3)12(17)18/h19H,4-10H2,1-3H3,(H,15,16)(H,17,18). The van der Waals surface area contributed by atoms with E-state index in [1.165, 1.54) is 6.92 Å². The van der Waals surface area contributed by atoms with Crippen molar-refractivity contribution in [2.45, 2.75) is 71.3 Å². The molecule has 2 unspecified atom stereocenters. The van der Waals surface area contributed by atoms with E-state index in [9.17, 15) is 24.9 Å². The minimum Gasteiger partial charge on any atom is -0.481 e. The molecule has 5 nitrogen and oxygen atoms in total. The lowest BCUT2D eigenvalue weighted by atomic mass is 9.65. The summed E-state index contributed by atoms with van der Waals surface area (Å²) in [7, 11) is 0. The third-order valence-corrected chi connectivity index (χ3v) is 4.13. The molecule has 2 atom stereocenters. The number of unbranched alkanes of at least 4 members (excludes halogenated alkanes) is 3. The SMILES string of the molecule is CCCCCCC(CC)(C(=O)O)C(O)(CC)C(=O)O. The molecule has 0 saturated heterocycles. The number of hydrogen-bond donors (Lipinski definition) is 3. The summed E-state index contributed by atoms with van der Waals surface area (Å²) in [6, 6.07) is 0. The number of aliphatic carboxylic acids is 2. The van der Waals surface area contributed by atoms with Crippen LogP contribution in [0.25, 0.3) is 0 Å². The predicted octanol–water partition coefficient (Wildman–Crippen LogP) is 2.66. The van der Waals surface area contributed by atoms with Gasteiger partial charge in [-0.15, -0.1) is 0 Å². The molecule has 0 aliphatic heterocycles. The average Bonchev–Trinajstić information content (AvgIpc) is 2.37. The molecule has 0 aromatic heterocycles. The Hall–Kier alpha value is -1.10. The lowest BCUT2D eigenvalue weighted by Crippen LogP contribution is -2.57. The fourth-order valence-electron chi connectivity index (χ4n) is 2.66. The maximum Gasteiger partial charge on any atom is 0.336 e. The Kier molecular flexibility index (Phi) is 7.05. The van der Waals surface area contributed by atoms with Crippen LogP contribution in [0.1, 0.15) is 65.7 Å². The van der Waals surface area contributed by atoms with Crippen molar-refractivity contribution in [1.82, 2.24) is 0 Å². The van der Waals surface area contributed by atoms with Crippen molar-refractivity contribution in [2.24, 2.45) is 5.41 Å². The van der Waals surface area contributed by atoms with Gasteiger partial charge in [-0.1, -0.05) is 46.5 Å². The van der Waals surface area contributed by atoms with E-state index in [1.54, 1.807) is 6.92 Å². The van der Waals surface area contributed by atoms with Crippen molar-refractivity contribution in [3.63, 3.8) is 0 Å². The Bertz CT molecular complexity index is 315. The van der Waals surface area contributed by atoms with Gasteiger partial charge < -0.3 is 15.3 Å². The predicted molar refractivity (Wildman–Crippen MR) is 72.0 cm³/mol. The Balaban J connectivity index is 5.26. The van der Waals surface area contributed by atoms with Crippen LogP contribution in [0.5, 0.6) is 0 Å². The molecule has 0 aliphatic carbocycles. The van der Waals surface area contributed by atoms with Crippen molar-refractivity contribution in [3.8, 4) is 0 Å². The van der Waals surface area contributed by atoms with Gasteiger partial charge in [0, 0.05) is 0 Å².